The summed E-state index contributed by atoms with van der Waals surface area (Å²) in [6.07, 6.45) is 9.62. The number of ether oxygens (including phenoxy) is 2. The number of carbonyl (C=O) groups is 1. The number of likely N-dealkylation sites (tertiary alicyclic amines) is 1. The summed E-state index contributed by atoms with van der Waals surface area (Å²) < 4.78 is 25.7. The Bertz CT molecular complexity index is 1160. The SMILES string of the molecule is COc1ccc([C@]2(CCN3CCN(C4CCCCC4)CC3)CCCN(C(=O)Cc3c(F)cccc3Cl)C2)cc1OC. The highest BCUT2D eigenvalue weighted by Crippen LogP contribution is 2.41. The second kappa shape index (κ2) is 13.7. The molecule has 0 unspecified atom stereocenters. The maximum atomic E-state index is 14.5. The first-order valence-electron chi connectivity index (χ1n) is 15.3. The van der Waals surface area contributed by atoms with Gasteiger partial charge in [0.1, 0.15) is 5.82 Å². The van der Waals surface area contributed by atoms with Crippen LogP contribution in [0.3, 0.4) is 0 Å². The van der Waals surface area contributed by atoms with Crippen molar-refractivity contribution in [2.75, 3.05) is 60.0 Å². The Morgan fingerprint density at radius 1 is 0.976 bits per heavy atom. The lowest BCUT2D eigenvalue weighted by atomic mass is 9.71. The van der Waals surface area contributed by atoms with Crippen molar-refractivity contribution in [2.24, 2.45) is 0 Å². The number of amides is 1. The van der Waals surface area contributed by atoms with Crippen molar-refractivity contribution in [3.63, 3.8) is 0 Å². The second-order valence-corrected chi connectivity index (χ2v) is 12.5. The number of piperazine rings is 1. The van der Waals surface area contributed by atoms with E-state index in [1.807, 2.05) is 11.0 Å². The molecule has 2 heterocycles. The standard InChI is InChI=1S/C33H45ClFN3O3/c1-40-30-13-12-25(22-31(30)41-2)33(15-17-36-18-20-37(21-19-36)26-8-4-3-5-9-26)14-7-16-38(24-33)32(39)23-27-28(34)10-6-11-29(27)35/h6,10-13,22,26H,3-5,7-9,14-21,23-24H2,1-2H3/t33-/m0/s1. The first kappa shape index (κ1) is 30.1. The molecular formula is C33H45ClFN3O3. The highest BCUT2D eigenvalue weighted by Gasteiger charge is 2.40. The van der Waals surface area contributed by atoms with E-state index in [1.54, 1.807) is 26.4 Å². The number of nitrogens with zero attached hydrogens (tertiary/aromatic N) is 3. The molecule has 2 saturated heterocycles. The number of hydrogen-bond acceptors (Lipinski definition) is 5. The third kappa shape index (κ3) is 7.00. The van der Waals surface area contributed by atoms with Crippen LogP contribution in [0.25, 0.3) is 0 Å². The molecule has 1 aliphatic carbocycles. The van der Waals surface area contributed by atoms with Gasteiger partial charge >= 0.3 is 0 Å². The Morgan fingerprint density at radius 3 is 2.44 bits per heavy atom. The van der Waals surface area contributed by atoms with Gasteiger partial charge in [-0.3, -0.25) is 9.69 Å². The molecule has 3 aliphatic rings. The average Bonchev–Trinajstić information content (AvgIpc) is 3.02. The van der Waals surface area contributed by atoms with Gasteiger partial charge in [-0.25, -0.2) is 4.39 Å². The highest BCUT2D eigenvalue weighted by molar-refractivity contribution is 6.31. The van der Waals surface area contributed by atoms with Crippen LogP contribution in [0.2, 0.25) is 5.02 Å². The molecule has 2 aromatic rings. The van der Waals surface area contributed by atoms with Gasteiger partial charge in [-0.05, 0) is 68.5 Å². The molecule has 0 spiro atoms. The lowest BCUT2D eigenvalue weighted by Gasteiger charge is -2.46. The second-order valence-electron chi connectivity index (χ2n) is 12.1. The van der Waals surface area contributed by atoms with Gasteiger partial charge in [0.15, 0.2) is 11.5 Å². The van der Waals surface area contributed by atoms with Crippen molar-refractivity contribution in [2.45, 2.75) is 69.2 Å². The topological polar surface area (TPSA) is 45.2 Å². The molecule has 0 aromatic heterocycles. The molecule has 1 saturated carbocycles. The summed E-state index contributed by atoms with van der Waals surface area (Å²) in [6.45, 7) is 6.70. The number of hydrogen-bond donors (Lipinski definition) is 0. The Kier molecular flexibility index (Phi) is 10.1. The molecule has 0 radical (unpaired) electrons. The fourth-order valence-corrected chi connectivity index (χ4v) is 7.46. The van der Waals surface area contributed by atoms with E-state index in [0.717, 1.165) is 63.6 Å². The largest absolute Gasteiger partial charge is 0.493 e. The van der Waals surface area contributed by atoms with Gasteiger partial charge in [0, 0.05) is 61.3 Å². The summed E-state index contributed by atoms with van der Waals surface area (Å²) in [5.74, 6) is 0.888. The molecule has 1 amide bonds. The molecule has 0 bridgehead atoms. The molecule has 2 aromatic carbocycles. The zero-order chi connectivity index (χ0) is 28.8. The van der Waals surface area contributed by atoms with E-state index in [1.165, 1.54) is 38.2 Å². The first-order valence-corrected chi connectivity index (χ1v) is 15.7. The minimum Gasteiger partial charge on any atom is -0.493 e. The summed E-state index contributed by atoms with van der Waals surface area (Å²) >= 11 is 6.28. The summed E-state index contributed by atoms with van der Waals surface area (Å²) in [5, 5.41) is 0.300. The number of carbonyl (C=O) groups excluding carboxylic acids is 1. The normalized spacial score (nSPS) is 23.0. The van der Waals surface area contributed by atoms with Crippen LogP contribution >= 0.6 is 11.6 Å². The molecule has 2 aliphatic heterocycles. The van der Waals surface area contributed by atoms with E-state index in [2.05, 4.69) is 21.9 Å². The van der Waals surface area contributed by atoms with Crippen molar-refractivity contribution < 1.29 is 18.7 Å². The van der Waals surface area contributed by atoms with Crippen LogP contribution in [0.15, 0.2) is 36.4 Å². The lowest BCUT2D eigenvalue weighted by Crippen LogP contribution is -2.53. The van der Waals surface area contributed by atoms with Crippen LogP contribution in [0.4, 0.5) is 4.39 Å². The maximum Gasteiger partial charge on any atom is 0.227 e. The Labute approximate surface area is 249 Å². The van der Waals surface area contributed by atoms with Crippen LogP contribution in [-0.4, -0.2) is 86.7 Å². The summed E-state index contributed by atoms with van der Waals surface area (Å²) in [6, 6.07) is 11.5. The fraction of sp³-hybridized carbons (Fsp3) is 0.606. The average molecular weight is 586 g/mol. The molecule has 3 fully saturated rings. The van der Waals surface area contributed by atoms with E-state index in [0.29, 0.717) is 29.6 Å². The van der Waals surface area contributed by atoms with Crippen LogP contribution in [-0.2, 0) is 16.6 Å². The molecule has 8 heteroatoms. The van der Waals surface area contributed by atoms with Crippen LogP contribution < -0.4 is 9.47 Å². The molecular weight excluding hydrogens is 541 g/mol. The molecule has 41 heavy (non-hydrogen) atoms. The monoisotopic (exact) mass is 585 g/mol. The van der Waals surface area contributed by atoms with Gasteiger partial charge in [-0.2, -0.15) is 0 Å². The first-order chi connectivity index (χ1) is 19.9. The van der Waals surface area contributed by atoms with Crippen molar-refractivity contribution in [3.05, 3.63) is 58.4 Å². The predicted octanol–water partition coefficient (Wildman–Crippen LogP) is 5.94. The Balaban J connectivity index is 1.32. The summed E-state index contributed by atoms with van der Waals surface area (Å²) in [5.41, 5.74) is 1.21. The van der Waals surface area contributed by atoms with E-state index in [4.69, 9.17) is 21.1 Å². The summed E-state index contributed by atoms with van der Waals surface area (Å²) in [4.78, 5) is 20.8. The van der Waals surface area contributed by atoms with Crippen molar-refractivity contribution in [1.29, 1.82) is 0 Å². The van der Waals surface area contributed by atoms with Crippen LogP contribution in [0, 0.1) is 5.82 Å². The Hall–Kier alpha value is -2.35. The minimum atomic E-state index is -0.429. The Morgan fingerprint density at radius 2 is 1.73 bits per heavy atom. The quantitative estimate of drug-likeness (QED) is 0.364. The highest BCUT2D eigenvalue weighted by atomic mass is 35.5. The van der Waals surface area contributed by atoms with Crippen molar-refractivity contribution in [1.82, 2.24) is 14.7 Å². The number of benzene rings is 2. The molecule has 1 atom stereocenters. The fourth-order valence-electron chi connectivity index (χ4n) is 7.23. The zero-order valence-electron chi connectivity index (χ0n) is 24.7. The number of halogens is 2. The van der Waals surface area contributed by atoms with Gasteiger partial charge in [0.2, 0.25) is 5.91 Å². The molecule has 0 N–H and O–H groups in total. The maximum absolute atomic E-state index is 14.5. The van der Waals surface area contributed by atoms with Gasteiger partial charge in [-0.15, -0.1) is 0 Å². The van der Waals surface area contributed by atoms with Crippen molar-refractivity contribution >= 4 is 17.5 Å². The van der Waals surface area contributed by atoms with Crippen molar-refractivity contribution in [3.8, 4) is 11.5 Å². The number of piperidine rings is 1. The lowest BCUT2D eigenvalue weighted by molar-refractivity contribution is -0.133. The molecule has 224 valence electrons. The number of methoxy groups -OCH3 is 2. The van der Waals surface area contributed by atoms with E-state index in [9.17, 15) is 9.18 Å². The van der Waals surface area contributed by atoms with Crippen LogP contribution in [0.1, 0.15) is 62.5 Å². The molecule has 5 rings (SSSR count). The van der Waals surface area contributed by atoms with Gasteiger partial charge < -0.3 is 19.3 Å². The zero-order valence-corrected chi connectivity index (χ0v) is 25.4. The van der Waals surface area contributed by atoms with Gasteiger partial charge in [-0.1, -0.05) is 43.0 Å². The van der Waals surface area contributed by atoms with Crippen LogP contribution in [0.5, 0.6) is 11.5 Å². The third-order valence-electron chi connectivity index (χ3n) is 9.72. The smallest absolute Gasteiger partial charge is 0.227 e. The number of rotatable bonds is 9. The van der Waals surface area contributed by atoms with Gasteiger partial charge in [0.05, 0.1) is 20.6 Å². The van der Waals surface area contributed by atoms with E-state index >= 15 is 0 Å². The van der Waals surface area contributed by atoms with E-state index < -0.39 is 5.82 Å². The third-order valence-corrected chi connectivity index (χ3v) is 10.1. The van der Waals surface area contributed by atoms with Gasteiger partial charge in [0.25, 0.3) is 0 Å². The molecule has 6 nitrogen and oxygen atoms in total. The summed E-state index contributed by atoms with van der Waals surface area (Å²) in [7, 11) is 3.31. The van der Waals surface area contributed by atoms with E-state index in [-0.39, 0.29) is 23.3 Å². The minimum absolute atomic E-state index is 0.0311. The predicted molar refractivity (Wildman–Crippen MR) is 162 cm³/mol.